The van der Waals surface area contributed by atoms with E-state index < -0.39 is 9.85 Å². The SMILES string of the molecule is O=[N+]([O-])c1cc(C=Nc2cccc3c(N=Cc4ccc(Cl)c([N+](=O)[O-])c4)cccc23)ccc1Cl. The first kappa shape index (κ1) is 23.0. The van der Waals surface area contributed by atoms with Crippen molar-refractivity contribution < 1.29 is 9.85 Å². The molecule has 4 rings (SSSR count). The van der Waals surface area contributed by atoms with Crippen LogP contribution in [0.1, 0.15) is 11.1 Å². The molecule has 0 aliphatic heterocycles. The number of hydrogen-bond donors (Lipinski definition) is 0. The summed E-state index contributed by atoms with van der Waals surface area (Å²) in [6.45, 7) is 0. The Labute approximate surface area is 203 Å². The Morgan fingerprint density at radius 2 is 1.06 bits per heavy atom. The van der Waals surface area contributed by atoms with Gasteiger partial charge in [0.15, 0.2) is 0 Å². The predicted molar refractivity (Wildman–Crippen MR) is 135 cm³/mol. The number of nitro groups is 2. The molecule has 10 heteroatoms. The molecule has 168 valence electrons. The Morgan fingerprint density at radius 3 is 1.44 bits per heavy atom. The van der Waals surface area contributed by atoms with Crippen molar-refractivity contribution >= 4 is 69.2 Å². The highest BCUT2D eigenvalue weighted by Gasteiger charge is 2.13. The van der Waals surface area contributed by atoms with Crippen molar-refractivity contribution in [2.24, 2.45) is 9.98 Å². The standard InChI is InChI=1S/C24H14Cl2N4O4/c25-19-9-7-15(11-23(19)29(31)32)13-27-21-5-1-3-17-18(21)4-2-6-22(17)28-14-16-8-10-20(26)24(12-16)30(33)34/h1-14H. The average Bonchev–Trinajstić information content (AvgIpc) is 2.82. The van der Waals surface area contributed by atoms with Gasteiger partial charge in [-0.1, -0.05) is 59.6 Å². The van der Waals surface area contributed by atoms with Crippen LogP contribution in [0.2, 0.25) is 10.0 Å². The maximum Gasteiger partial charge on any atom is 0.288 e. The van der Waals surface area contributed by atoms with Crippen LogP contribution in [-0.4, -0.2) is 22.3 Å². The zero-order chi connectivity index (χ0) is 24.2. The zero-order valence-electron chi connectivity index (χ0n) is 17.3. The van der Waals surface area contributed by atoms with Gasteiger partial charge in [-0.2, -0.15) is 0 Å². The van der Waals surface area contributed by atoms with Crippen molar-refractivity contribution in [2.75, 3.05) is 0 Å². The zero-order valence-corrected chi connectivity index (χ0v) is 18.8. The molecule has 0 saturated carbocycles. The predicted octanol–water partition coefficient (Wildman–Crippen LogP) is 7.46. The first-order chi connectivity index (χ1) is 16.3. The van der Waals surface area contributed by atoms with Crippen molar-refractivity contribution in [1.29, 1.82) is 0 Å². The van der Waals surface area contributed by atoms with E-state index in [1.165, 1.54) is 36.7 Å². The van der Waals surface area contributed by atoms with Crippen LogP contribution in [0.25, 0.3) is 10.8 Å². The third-order valence-electron chi connectivity index (χ3n) is 4.92. The summed E-state index contributed by atoms with van der Waals surface area (Å²) in [4.78, 5) is 30.1. The molecule has 4 aromatic carbocycles. The van der Waals surface area contributed by atoms with E-state index in [-0.39, 0.29) is 21.4 Å². The van der Waals surface area contributed by atoms with E-state index in [2.05, 4.69) is 9.98 Å². The first-order valence-corrected chi connectivity index (χ1v) is 10.6. The summed E-state index contributed by atoms with van der Waals surface area (Å²) in [5.74, 6) is 0. The molecule has 0 amide bonds. The normalized spacial score (nSPS) is 11.5. The van der Waals surface area contributed by atoms with Gasteiger partial charge in [-0.3, -0.25) is 30.2 Å². The Hall–Kier alpha value is -4.14. The fourth-order valence-corrected chi connectivity index (χ4v) is 3.66. The molecule has 8 nitrogen and oxygen atoms in total. The van der Waals surface area contributed by atoms with Crippen molar-refractivity contribution in [3.8, 4) is 0 Å². The summed E-state index contributed by atoms with van der Waals surface area (Å²) < 4.78 is 0. The van der Waals surface area contributed by atoms with Crippen LogP contribution < -0.4 is 0 Å². The van der Waals surface area contributed by atoms with Crippen LogP contribution >= 0.6 is 23.2 Å². The van der Waals surface area contributed by atoms with Gasteiger partial charge < -0.3 is 0 Å². The quantitative estimate of drug-likeness (QED) is 0.158. The lowest BCUT2D eigenvalue weighted by atomic mass is 10.1. The number of nitrogens with zero attached hydrogens (tertiary/aromatic N) is 4. The van der Waals surface area contributed by atoms with Crippen LogP contribution in [0, 0.1) is 20.2 Å². The lowest BCUT2D eigenvalue weighted by Crippen LogP contribution is -1.91. The number of benzene rings is 4. The summed E-state index contributed by atoms with van der Waals surface area (Å²) in [7, 11) is 0. The fraction of sp³-hybridized carbons (Fsp3) is 0. The van der Waals surface area contributed by atoms with E-state index in [9.17, 15) is 20.2 Å². The molecule has 4 aromatic rings. The van der Waals surface area contributed by atoms with Crippen molar-refractivity contribution in [3.63, 3.8) is 0 Å². The minimum atomic E-state index is -0.544. The van der Waals surface area contributed by atoms with Gasteiger partial charge in [0.25, 0.3) is 11.4 Å². The van der Waals surface area contributed by atoms with E-state index in [0.29, 0.717) is 22.5 Å². The maximum absolute atomic E-state index is 11.1. The van der Waals surface area contributed by atoms with E-state index >= 15 is 0 Å². The molecule has 0 radical (unpaired) electrons. The molecule has 0 fully saturated rings. The summed E-state index contributed by atoms with van der Waals surface area (Å²) >= 11 is 11.7. The van der Waals surface area contributed by atoms with E-state index in [1.54, 1.807) is 12.1 Å². The third kappa shape index (κ3) is 4.93. The van der Waals surface area contributed by atoms with Gasteiger partial charge in [0, 0.05) is 35.3 Å². The van der Waals surface area contributed by atoms with E-state index in [1.807, 2.05) is 36.4 Å². The number of halogens is 2. The van der Waals surface area contributed by atoms with Crippen molar-refractivity contribution in [1.82, 2.24) is 0 Å². The first-order valence-electron chi connectivity index (χ1n) is 9.81. The van der Waals surface area contributed by atoms with Gasteiger partial charge >= 0.3 is 0 Å². The van der Waals surface area contributed by atoms with Gasteiger partial charge in [0.05, 0.1) is 21.2 Å². The highest BCUT2D eigenvalue weighted by molar-refractivity contribution is 6.33. The van der Waals surface area contributed by atoms with Gasteiger partial charge in [-0.05, 0) is 35.4 Å². The van der Waals surface area contributed by atoms with Gasteiger partial charge in [0.1, 0.15) is 10.0 Å². The van der Waals surface area contributed by atoms with Crippen molar-refractivity contribution in [3.05, 3.63) is 114 Å². The van der Waals surface area contributed by atoms with Gasteiger partial charge in [-0.15, -0.1) is 0 Å². The van der Waals surface area contributed by atoms with Crippen LogP contribution in [0.3, 0.4) is 0 Å². The minimum absolute atomic E-state index is 0.0563. The summed E-state index contributed by atoms with van der Waals surface area (Å²) in [5.41, 5.74) is 1.98. The van der Waals surface area contributed by atoms with Crippen LogP contribution in [-0.2, 0) is 0 Å². The second-order valence-electron chi connectivity index (χ2n) is 7.10. The van der Waals surface area contributed by atoms with E-state index in [0.717, 1.165) is 10.8 Å². The Morgan fingerprint density at radius 1 is 0.647 bits per heavy atom. The number of nitro benzene ring substituents is 2. The second-order valence-corrected chi connectivity index (χ2v) is 7.92. The van der Waals surface area contributed by atoms with Crippen LogP contribution in [0.4, 0.5) is 22.7 Å². The molecule has 0 aliphatic rings. The van der Waals surface area contributed by atoms with Gasteiger partial charge in [-0.25, -0.2) is 0 Å². The largest absolute Gasteiger partial charge is 0.288 e. The molecule has 0 atom stereocenters. The smallest absolute Gasteiger partial charge is 0.258 e. The number of aliphatic imine (C=N–C) groups is 2. The van der Waals surface area contributed by atoms with E-state index in [4.69, 9.17) is 23.2 Å². The fourth-order valence-electron chi connectivity index (χ4n) is 3.29. The van der Waals surface area contributed by atoms with Crippen LogP contribution in [0.15, 0.2) is 82.8 Å². The molecular weight excluding hydrogens is 479 g/mol. The lowest BCUT2D eigenvalue weighted by molar-refractivity contribution is -0.384. The minimum Gasteiger partial charge on any atom is -0.258 e. The molecule has 0 aliphatic carbocycles. The highest BCUT2D eigenvalue weighted by atomic mass is 35.5. The molecule has 0 bridgehead atoms. The Balaban J connectivity index is 1.68. The Bertz CT molecular complexity index is 1390. The highest BCUT2D eigenvalue weighted by Crippen LogP contribution is 2.33. The summed E-state index contributed by atoms with van der Waals surface area (Å²) in [6, 6.07) is 20.0. The monoisotopic (exact) mass is 492 g/mol. The maximum atomic E-state index is 11.1. The topological polar surface area (TPSA) is 111 Å². The van der Waals surface area contributed by atoms with Gasteiger partial charge in [0.2, 0.25) is 0 Å². The third-order valence-corrected chi connectivity index (χ3v) is 5.55. The molecular formula is C24H14Cl2N4O4. The summed E-state index contributed by atoms with van der Waals surface area (Å²) in [5, 5.41) is 24.0. The molecule has 0 N–H and O–H groups in total. The molecule has 0 spiro atoms. The second kappa shape index (κ2) is 9.78. The molecule has 0 saturated heterocycles. The number of fused-ring (bicyclic) bond motifs is 1. The molecule has 0 unspecified atom stereocenters. The average molecular weight is 493 g/mol. The molecule has 34 heavy (non-hydrogen) atoms. The van der Waals surface area contributed by atoms with Crippen LogP contribution in [0.5, 0.6) is 0 Å². The summed E-state index contributed by atoms with van der Waals surface area (Å²) in [6.07, 6.45) is 3.06. The number of rotatable bonds is 6. The lowest BCUT2D eigenvalue weighted by Gasteiger charge is -2.05. The number of hydrogen-bond acceptors (Lipinski definition) is 6. The Kier molecular flexibility index (Phi) is 6.62. The molecule has 0 heterocycles. The van der Waals surface area contributed by atoms with Crippen molar-refractivity contribution in [2.45, 2.75) is 0 Å². The molecule has 0 aromatic heterocycles.